The van der Waals surface area contributed by atoms with Gasteiger partial charge in [0.1, 0.15) is 5.75 Å². The third-order valence-electron chi connectivity index (χ3n) is 2.44. The first kappa shape index (κ1) is 10.7. The van der Waals surface area contributed by atoms with Gasteiger partial charge in [-0.2, -0.15) is 0 Å². The Morgan fingerprint density at radius 2 is 2.06 bits per heavy atom. The minimum absolute atomic E-state index is 0.698. The van der Waals surface area contributed by atoms with Gasteiger partial charge in [0.05, 0.1) is 12.3 Å². The summed E-state index contributed by atoms with van der Waals surface area (Å²) >= 11 is 0. The fourth-order valence-electron chi connectivity index (χ4n) is 1.66. The summed E-state index contributed by atoms with van der Waals surface area (Å²) in [7, 11) is 0. The zero-order chi connectivity index (χ0) is 11.4. The molecule has 0 aliphatic carbocycles. The molecule has 0 radical (unpaired) electrons. The summed E-state index contributed by atoms with van der Waals surface area (Å²) in [6, 6.07) is 12.1. The molecule has 1 aromatic carbocycles. The van der Waals surface area contributed by atoms with Gasteiger partial charge in [-0.1, -0.05) is 6.07 Å². The second-order valence-electron chi connectivity index (χ2n) is 3.63. The monoisotopic (exact) mass is 213 g/mol. The summed E-state index contributed by atoms with van der Waals surface area (Å²) in [6.45, 7) is 4.74. The third-order valence-corrected chi connectivity index (χ3v) is 2.44. The quantitative estimate of drug-likeness (QED) is 0.779. The van der Waals surface area contributed by atoms with Crippen LogP contribution in [0.3, 0.4) is 0 Å². The zero-order valence-electron chi connectivity index (χ0n) is 9.60. The Morgan fingerprint density at radius 3 is 2.69 bits per heavy atom. The van der Waals surface area contributed by atoms with Crippen LogP contribution in [0.15, 0.2) is 42.6 Å². The molecular weight excluding hydrogens is 198 g/mol. The predicted molar refractivity (Wildman–Crippen MR) is 65.6 cm³/mol. The van der Waals surface area contributed by atoms with Crippen molar-refractivity contribution in [2.75, 3.05) is 6.61 Å². The number of ether oxygens (including phenoxy) is 1. The number of hydrogen-bond donors (Lipinski definition) is 0. The Bertz CT molecular complexity index is 465. The molecule has 0 amide bonds. The summed E-state index contributed by atoms with van der Waals surface area (Å²) in [5.41, 5.74) is 3.26. The first-order valence-corrected chi connectivity index (χ1v) is 5.46. The largest absolute Gasteiger partial charge is 0.494 e. The SMILES string of the molecule is CCOc1ccc(-c2ccccn2)cc1C. The third kappa shape index (κ3) is 2.22. The van der Waals surface area contributed by atoms with E-state index in [4.69, 9.17) is 4.74 Å². The molecule has 0 aliphatic heterocycles. The highest BCUT2D eigenvalue weighted by Gasteiger charge is 2.02. The van der Waals surface area contributed by atoms with Gasteiger partial charge in [-0.15, -0.1) is 0 Å². The van der Waals surface area contributed by atoms with E-state index in [1.165, 1.54) is 0 Å². The lowest BCUT2D eigenvalue weighted by atomic mass is 10.1. The van der Waals surface area contributed by atoms with Crippen molar-refractivity contribution in [3.63, 3.8) is 0 Å². The molecule has 0 fully saturated rings. The topological polar surface area (TPSA) is 22.1 Å². The number of aryl methyl sites for hydroxylation is 1. The Labute approximate surface area is 95.9 Å². The van der Waals surface area contributed by atoms with Gasteiger partial charge < -0.3 is 4.74 Å². The van der Waals surface area contributed by atoms with E-state index in [0.717, 1.165) is 22.6 Å². The van der Waals surface area contributed by atoms with Crippen LogP contribution in [0.1, 0.15) is 12.5 Å². The van der Waals surface area contributed by atoms with Crippen LogP contribution in [-0.4, -0.2) is 11.6 Å². The number of nitrogens with zero attached hydrogens (tertiary/aromatic N) is 1. The lowest BCUT2D eigenvalue weighted by Crippen LogP contribution is -1.94. The van der Waals surface area contributed by atoms with Crippen molar-refractivity contribution in [2.24, 2.45) is 0 Å². The van der Waals surface area contributed by atoms with Gasteiger partial charge in [-0.25, -0.2) is 0 Å². The fraction of sp³-hybridized carbons (Fsp3) is 0.214. The molecule has 0 unspecified atom stereocenters. The average Bonchev–Trinajstić information content (AvgIpc) is 2.33. The number of rotatable bonds is 3. The van der Waals surface area contributed by atoms with Crippen LogP contribution < -0.4 is 4.74 Å². The maximum absolute atomic E-state index is 5.51. The van der Waals surface area contributed by atoms with Crippen LogP contribution >= 0.6 is 0 Å². The van der Waals surface area contributed by atoms with Gasteiger partial charge >= 0.3 is 0 Å². The smallest absolute Gasteiger partial charge is 0.122 e. The van der Waals surface area contributed by atoms with Crippen molar-refractivity contribution in [3.05, 3.63) is 48.2 Å². The van der Waals surface area contributed by atoms with Crippen molar-refractivity contribution in [2.45, 2.75) is 13.8 Å². The molecule has 0 spiro atoms. The first-order chi connectivity index (χ1) is 7.81. The van der Waals surface area contributed by atoms with Crippen LogP contribution in [-0.2, 0) is 0 Å². The van der Waals surface area contributed by atoms with Crippen LogP contribution in [0.5, 0.6) is 5.75 Å². The zero-order valence-corrected chi connectivity index (χ0v) is 9.60. The predicted octanol–water partition coefficient (Wildman–Crippen LogP) is 3.46. The summed E-state index contributed by atoms with van der Waals surface area (Å²) < 4.78 is 5.51. The molecule has 2 aromatic rings. The average molecular weight is 213 g/mol. The van der Waals surface area contributed by atoms with Crippen molar-refractivity contribution >= 4 is 0 Å². The molecular formula is C14H15NO. The lowest BCUT2D eigenvalue weighted by molar-refractivity contribution is 0.338. The Morgan fingerprint density at radius 1 is 1.19 bits per heavy atom. The molecule has 82 valence electrons. The molecule has 16 heavy (non-hydrogen) atoms. The maximum atomic E-state index is 5.51. The van der Waals surface area contributed by atoms with E-state index < -0.39 is 0 Å². The normalized spacial score (nSPS) is 10.1. The van der Waals surface area contributed by atoms with E-state index >= 15 is 0 Å². The van der Waals surface area contributed by atoms with Crippen molar-refractivity contribution in [1.82, 2.24) is 4.98 Å². The summed E-state index contributed by atoms with van der Waals surface area (Å²) in [5, 5.41) is 0. The lowest BCUT2D eigenvalue weighted by Gasteiger charge is -2.08. The Kier molecular flexibility index (Phi) is 3.20. The second kappa shape index (κ2) is 4.79. The molecule has 2 nitrogen and oxygen atoms in total. The van der Waals surface area contributed by atoms with Gasteiger partial charge in [0.15, 0.2) is 0 Å². The highest BCUT2D eigenvalue weighted by Crippen LogP contribution is 2.24. The molecule has 2 heteroatoms. The van der Waals surface area contributed by atoms with Gasteiger partial charge in [-0.3, -0.25) is 4.98 Å². The molecule has 0 aliphatic rings. The van der Waals surface area contributed by atoms with E-state index in [0.29, 0.717) is 6.61 Å². The minimum Gasteiger partial charge on any atom is -0.494 e. The highest BCUT2D eigenvalue weighted by molar-refractivity contribution is 5.61. The molecule has 0 saturated carbocycles. The van der Waals surface area contributed by atoms with E-state index in [2.05, 4.69) is 18.0 Å². The Balaban J connectivity index is 2.35. The second-order valence-corrected chi connectivity index (χ2v) is 3.63. The van der Waals surface area contributed by atoms with E-state index in [1.807, 2.05) is 37.3 Å². The van der Waals surface area contributed by atoms with Crippen LogP contribution in [0, 0.1) is 6.92 Å². The van der Waals surface area contributed by atoms with Gasteiger partial charge in [0.25, 0.3) is 0 Å². The molecule has 1 heterocycles. The minimum atomic E-state index is 0.698. The Hall–Kier alpha value is -1.83. The van der Waals surface area contributed by atoms with Crippen molar-refractivity contribution < 1.29 is 4.74 Å². The van der Waals surface area contributed by atoms with Crippen molar-refractivity contribution in [3.8, 4) is 17.0 Å². The van der Waals surface area contributed by atoms with Gasteiger partial charge in [0, 0.05) is 11.8 Å². The van der Waals surface area contributed by atoms with E-state index in [9.17, 15) is 0 Å². The van der Waals surface area contributed by atoms with Crippen LogP contribution in [0.25, 0.3) is 11.3 Å². The number of hydrogen-bond acceptors (Lipinski definition) is 2. The molecule has 0 N–H and O–H groups in total. The molecule has 2 rings (SSSR count). The fourth-order valence-corrected chi connectivity index (χ4v) is 1.66. The van der Waals surface area contributed by atoms with Gasteiger partial charge in [0.2, 0.25) is 0 Å². The van der Waals surface area contributed by atoms with Crippen molar-refractivity contribution in [1.29, 1.82) is 0 Å². The molecule has 0 atom stereocenters. The summed E-state index contributed by atoms with van der Waals surface area (Å²) in [5.74, 6) is 0.946. The molecule has 0 saturated heterocycles. The van der Waals surface area contributed by atoms with E-state index in [-0.39, 0.29) is 0 Å². The molecule has 0 bridgehead atoms. The van der Waals surface area contributed by atoms with Crippen LogP contribution in [0.4, 0.5) is 0 Å². The number of benzene rings is 1. The maximum Gasteiger partial charge on any atom is 0.122 e. The number of pyridine rings is 1. The van der Waals surface area contributed by atoms with E-state index in [1.54, 1.807) is 6.20 Å². The van der Waals surface area contributed by atoms with Crippen LogP contribution in [0.2, 0.25) is 0 Å². The standard InChI is InChI=1S/C14H15NO/c1-3-16-14-8-7-12(10-11(14)2)13-6-4-5-9-15-13/h4-10H,3H2,1-2H3. The number of aromatic nitrogens is 1. The molecule has 1 aromatic heterocycles. The first-order valence-electron chi connectivity index (χ1n) is 5.46. The van der Waals surface area contributed by atoms with Gasteiger partial charge in [-0.05, 0) is 49.7 Å². The highest BCUT2D eigenvalue weighted by atomic mass is 16.5. The summed E-state index contributed by atoms with van der Waals surface area (Å²) in [4.78, 5) is 4.32. The summed E-state index contributed by atoms with van der Waals surface area (Å²) in [6.07, 6.45) is 1.81.